The van der Waals surface area contributed by atoms with Crippen LogP contribution in [0.15, 0.2) is 104 Å². The molecule has 10 heteroatoms. The van der Waals surface area contributed by atoms with Gasteiger partial charge in [0.1, 0.15) is 18.1 Å². The molecular weight excluding hydrogens is 614 g/mol. The molecule has 0 spiro atoms. The normalized spacial score (nSPS) is 12.4. The van der Waals surface area contributed by atoms with Crippen LogP contribution < -0.4 is 9.47 Å². The molecule has 0 fully saturated rings. The Labute approximate surface area is 279 Å². The van der Waals surface area contributed by atoms with Crippen LogP contribution in [-0.2, 0) is 40.1 Å². The van der Waals surface area contributed by atoms with Crippen molar-refractivity contribution in [2.75, 3.05) is 26.4 Å². The molecule has 0 N–H and O–H groups in total. The molecule has 3 aromatic rings. The molecule has 0 radical (unpaired) electrons. The van der Waals surface area contributed by atoms with E-state index in [4.69, 9.17) is 18.9 Å². The molecule has 10 nitrogen and oxygen atoms in total. The van der Waals surface area contributed by atoms with Crippen LogP contribution in [0.4, 0.5) is 0 Å². The lowest BCUT2D eigenvalue weighted by atomic mass is 10.0. The highest BCUT2D eigenvalue weighted by Gasteiger charge is 2.25. The maximum absolute atomic E-state index is 12.4. The number of ketones is 1. The second-order valence-corrected chi connectivity index (χ2v) is 10.8. The first-order valence-electron chi connectivity index (χ1n) is 15.5. The Morgan fingerprint density at radius 3 is 1.96 bits per heavy atom. The summed E-state index contributed by atoms with van der Waals surface area (Å²) >= 11 is 0. The molecule has 0 unspecified atom stereocenters. The average molecular weight is 652 g/mol. The molecule has 248 valence electrons. The monoisotopic (exact) mass is 651 g/mol. The highest BCUT2D eigenvalue weighted by atomic mass is 16.5. The smallest absolute Gasteiger partial charge is 0.336 e. The Morgan fingerprint density at radius 2 is 1.31 bits per heavy atom. The summed E-state index contributed by atoms with van der Waals surface area (Å²) in [5.41, 5.74) is 3.66. The van der Waals surface area contributed by atoms with Gasteiger partial charge in [-0.25, -0.2) is 9.59 Å². The predicted octanol–water partition coefficient (Wildman–Crippen LogP) is 5.65. The van der Waals surface area contributed by atoms with Crippen LogP contribution in [0.25, 0.3) is 17.2 Å². The number of amides is 2. The van der Waals surface area contributed by atoms with Crippen molar-refractivity contribution in [1.29, 1.82) is 0 Å². The zero-order valence-corrected chi connectivity index (χ0v) is 26.5. The first-order valence-corrected chi connectivity index (χ1v) is 15.5. The zero-order chi connectivity index (χ0) is 34.1. The minimum absolute atomic E-state index is 0.133. The Bertz CT molecular complexity index is 1620. The van der Waals surface area contributed by atoms with Crippen molar-refractivity contribution >= 4 is 35.6 Å². The summed E-state index contributed by atoms with van der Waals surface area (Å²) in [5.74, 6) is -1.18. The first-order chi connectivity index (χ1) is 23.3. The lowest BCUT2D eigenvalue weighted by molar-refractivity contribution is -0.141. The molecule has 0 bridgehead atoms. The van der Waals surface area contributed by atoms with Crippen LogP contribution >= 0.6 is 0 Å². The number of imide groups is 1. The third kappa shape index (κ3) is 11.6. The molecule has 0 saturated carbocycles. The lowest BCUT2D eigenvalue weighted by Gasteiger charge is -2.12. The molecule has 1 heterocycles. The van der Waals surface area contributed by atoms with E-state index < -0.39 is 23.6 Å². The zero-order valence-electron chi connectivity index (χ0n) is 26.5. The second-order valence-electron chi connectivity index (χ2n) is 10.8. The van der Waals surface area contributed by atoms with Crippen molar-refractivity contribution in [2.45, 2.75) is 32.3 Å². The van der Waals surface area contributed by atoms with Crippen molar-refractivity contribution in [2.24, 2.45) is 0 Å². The van der Waals surface area contributed by atoms with E-state index in [1.807, 2.05) is 48.5 Å². The number of hydrogen-bond donors (Lipinski definition) is 0. The molecular formula is C38H37NO9. The summed E-state index contributed by atoms with van der Waals surface area (Å²) in [5, 5.41) is 0. The van der Waals surface area contributed by atoms with Gasteiger partial charge < -0.3 is 18.9 Å². The SMILES string of the molecule is C=CC(=O)OCCCCCCOc1ccc(-c2ccc(/C=C/C(=O)Oc3ccc(COCC(=O)CN4C(=O)C=CC4=O)cc3)cc2)cc1. The molecule has 0 aromatic heterocycles. The van der Waals surface area contributed by atoms with Gasteiger partial charge in [-0.1, -0.05) is 55.1 Å². The molecule has 1 aliphatic heterocycles. The Kier molecular flexibility index (Phi) is 13.6. The molecule has 2 amide bonds. The van der Waals surface area contributed by atoms with Crippen LogP contribution in [0.2, 0.25) is 0 Å². The van der Waals surface area contributed by atoms with Crippen LogP contribution in [-0.4, -0.2) is 60.8 Å². The van der Waals surface area contributed by atoms with Gasteiger partial charge in [-0.05, 0) is 78.3 Å². The highest BCUT2D eigenvalue weighted by molar-refractivity contribution is 6.14. The quantitative estimate of drug-likeness (QED) is 0.0531. The summed E-state index contributed by atoms with van der Waals surface area (Å²) < 4.78 is 21.6. The summed E-state index contributed by atoms with van der Waals surface area (Å²) in [6.07, 6.45) is 10.1. The molecule has 1 aliphatic rings. The maximum Gasteiger partial charge on any atom is 0.336 e. The first kappa shape index (κ1) is 35.2. The van der Waals surface area contributed by atoms with E-state index in [1.165, 1.54) is 12.2 Å². The largest absolute Gasteiger partial charge is 0.494 e. The Morgan fingerprint density at radius 1 is 0.708 bits per heavy atom. The van der Waals surface area contributed by atoms with E-state index in [-0.39, 0.29) is 25.7 Å². The summed E-state index contributed by atoms with van der Waals surface area (Å²) in [4.78, 5) is 59.3. The highest BCUT2D eigenvalue weighted by Crippen LogP contribution is 2.23. The van der Waals surface area contributed by atoms with E-state index in [9.17, 15) is 24.0 Å². The number of unbranched alkanes of at least 4 members (excludes halogenated alkanes) is 3. The number of ether oxygens (including phenoxy) is 4. The fourth-order valence-corrected chi connectivity index (χ4v) is 4.57. The van der Waals surface area contributed by atoms with Gasteiger partial charge in [0.05, 0.1) is 26.4 Å². The number of benzene rings is 3. The molecule has 0 saturated heterocycles. The number of carbonyl (C=O) groups excluding carboxylic acids is 5. The maximum atomic E-state index is 12.4. The van der Waals surface area contributed by atoms with E-state index >= 15 is 0 Å². The number of esters is 2. The molecule has 0 atom stereocenters. The van der Waals surface area contributed by atoms with E-state index in [1.54, 1.807) is 30.3 Å². The number of Topliss-reactive ketones (excluding diaryl/α,β-unsaturated/α-hetero) is 1. The van der Waals surface area contributed by atoms with Crippen LogP contribution in [0, 0.1) is 0 Å². The number of rotatable bonds is 19. The van der Waals surface area contributed by atoms with Crippen LogP contribution in [0.1, 0.15) is 36.8 Å². The van der Waals surface area contributed by atoms with Crippen LogP contribution in [0.3, 0.4) is 0 Å². The van der Waals surface area contributed by atoms with Crippen molar-refractivity contribution < 1.29 is 42.9 Å². The minimum atomic E-state index is -0.529. The standard InChI is InChI=1S/C38H37NO9/c1-2-37(43)47-24-6-4-3-5-23-46-33-18-14-31(15-19-33)30-12-7-28(8-13-30)11-22-38(44)48-34-16-9-29(10-17-34)26-45-27-32(40)25-39-35(41)20-21-36(39)42/h2,7-22H,1,3-6,23-27H2/b22-11+. The number of nitrogens with zero attached hydrogens (tertiary/aromatic N) is 1. The third-order valence-electron chi connectivity index (χ3n) is 7.14. The predicted molar refractivity (Wildman–Crippen MR) is 179 cm³/mol. The summed E-state index contributed by atoms with van der Waals surface area (Å²) in [6, 6.07) is 22.3. The van der Waals surface area contributed by atoms with Crippen molar-refractivity contribution in [3.8, 4) is 22.6 Å². The van der Waals surface area contributed by atoms with Gasteiger partial charge in [0, 0.05) is 24.3 Å². The fourth-order valence-electron chi connectivity index (χ4n) is 4.57. The van der Waals surface area contributed by atoms with Gasteiger partial charge in [-0.15, -0.1) is 0 Å². The van der Waals surface area contributed by atoms with E-state index in [0.717, 1.165) is 70.7 Å². The van der Waals surface area contributed by atoms with Gasteiger partial charge in [0.15, 0.2) is 5.78 Å². The second kappa shape index (κ2) is 18.5. The Hall–Kier alpha value is -5.61. The van der Waals surface area contributed by atoms with Gasteiger partial charge in [0.25, 0.3) is 11.8 Å². The summed E-state index contributed by atoms with van der Waals surface area (Å²) in [6.45, 7) is 3.96. The number of hydrogen-bond acceptors (Lipinski definition) is 9. The molecule has 4 rings (SSSR count). The summed E-state index contributed by atoms with van der Waals surface area (Å²) in [7, 11) is 0. The van der Waals surface area contributed by atoms with E-state index in [2.05, 4.69) is 6.58 Å². The van der Waals surface area contributed by atoms with Crippen molar-refractivity contribution in [3.63, 3.8) is 0 Å². The number of carbonyl (C=O) groups is 5. The third-order valence-corrected chi connectivity index (χ3v) is 7.14. The minimum Gasteiger partial charge on any atom is -0.494 e. The van der Waals surface area contributed by atoms with E-state index in [0.29, 0.717) is 19.0 Å². The van der Waals surface area contributed by atoms with Gasteiger partial charge in [0.2, 0.25) is 0 Å². The molecule has 3 aromatic carbocycles. The average Bonchev–Trinajstić information content (AvgIpc) is 3.41. The molecule has 0 aliphatic carbocycles. The topological polar surface area (TPSA) is 126 Å². The van der Waals surface area contributed by atoms with Gasteiger partial charge in [-0.3, -0.25) is 19.3 Å². The van der Waals surface area contributed by atoms with Crippen molar-refractivity contribution in [3.05, 3.63) is 115 Å². The van der Waals surface area contributed by atoms with Crippen LogP contribution in [0.5, 0.6) is 11.5 Å². The fraction of sp³-hybridized carbons (Fsp3) is 0.237. The Balaban J connectivity index is 1.13. The molecule has 48 heavy (non-hydrogen) atoms. The van der Waals surface area contributed by atoms with Gasteiger partial charge in [-0.2, -0.15) is 0 Å². The van der Waals surface area contributed by atoms with Gasteiger partial charge >= 0.3 is 11.9 Å². The van der Waals surface area contributed by atoms with Crippen molar-refractivity contribution in [1.82, 2.24) is 4.90 Å². The lowest BCUT2D eigenvalue weighted by Crippen LogP contribution is -2.36.